The summed E-state index contributed by atoms with van der Waals surface area (Å²) in [6, 6.07) is 5.84. The number of hydrogen-bond acceptors (Lipinski definition) is 4. The number of amides is 2. The first-order valence-electron chi connectivity index (χ1n) is 7.67. The molecule has 0 aliphatic carbocycles. The molecule has 0 bridgehead atoms. The summed E-state index contributed by atoms with van der Waals surface area (Å²) >= 11 is 0. The minimum Gasteiger partial charge on any atom is -0.333 e. The molecule has 1 aliphatic rings. The Kier molecular flexibility index (Phi) is 4.88. The fourth-order valence-corrected chi connectivity index (χ4v) is 2.96. The summed E-state index contributed by atoms with van der Waals surface area (Å²) < 4.78 is 38.1. The molecule has 0 unspecified atom stereocenters. The number of rotatable bonds is 4. The van der Waals surface area contributed by atoms with Crippen LogP contribution in [0.25, 0.3) is 0 Å². The van der Waals surface area contributed by atoms with Gasteiger partial charge in [-0.2, -0.15) is 18.3 Å². The minimum atomic E-state index is -4.29. The lowest BCUT2D eigenvalue weighted by molar-refractivity contribution is -0.143. The molecule has 1 saturated heterocycles. The van der Waals surface area contributed by atoms with Gasteiger partial charge >= 0.3 is 12.2 Å². The zero-order valence-electron chi connectivity index (χ0n) is 13.1. The summed E-state index contributed by atoms with van der Waals surface area (Å²) in [6.45, 7) is -0.751. The van der Waals surface area contributed by atoms with Crippen molar-refractivity contribution in [3.8, 4) is 0 Å². The Morgan fingerprint density at radius 1 is 1.28 bits per heavy atom. The van der Waals surface area contributed by atoms with Crippen LogP contribution in [-0.2, 0) is 0 Å². The molecule has 0 spiro atoms. The highest BCUT2D eigenvalue weighted by Crippen LogP contribution is 2.29. The fraction of sp³-hybridized carbons (Fsp3) is 0.400. The van der Waals surface area contributed by atoms with E-state index in [4.69, 9.17) is 0 Å². The Bertz CT molecular complexity index is 691. The lowest BCUT2D eigenvalue weighted by atomic mass is 9.99. The number of carbonyl (C=O) groups excluding carboxylic acids is 1. The smallest absolute Gasteiger partial charge is 0.333 e. The van der Waals surface area contributed by atoms with E-state index in [1.807, 2.05) is 0 Å². The highest BCUT2D eigenvalue weighted by molar-refractivity contribution is 5.88. The highest BCUT2D eigenvalue weighted by atomic mass is 19.4. The number of aromatic amines is 1. The van der Waals surface area contributed by atoms with Crippen molar-refractivity contribution in [1.29, 1.82) is 0 Å². The summed E-state index contributed by atoms with van der Waals surface area (Å²) in [5.74, 6) is 0.0769. The number of aromatic nitrogens is 3. The lowest BCUT2D eigenvalue weighted by Gasteiger charge is -2.19. The molecule has 2 aromatic rings. The Morgan fingerprint density at radius 2 is 2.12 bits per heavy atom. The molecule has 0 radical (unpaired) electrons. The number of anilines is 1. The number of urea groups is 1. The number of nitrogens with one attached hydrogen (secondary N) is 3. The van der Waals surface area contributed by atoms with Crippen LogP contribution in [-0.4, -0.2) is 58.0 Å². The summed E-state index contributed by atoms with van der Waals surface area (Å²) in [5, 5.41) is 11.6. The molecule has 25 heavy (non-hydrogen) atoms. The number of halogens is 3. The Balaban J connectivity index is 1.70. The van der Waals surface area contributed by atoms with Crippen molar-refractivity contribution in [3.63, 3.8) is 0 Å². The maximum absolute atomic E-state index is 12.7. The second-order valence-corrected chi connectivity index (χ2v) is 5.85. The number of likely N-dealkylation sites (tertiary alicyclic amines) is 1. The summed E-state index contributed by atoms with van der Waals surface area (Å²) in [7, 11) is 0. The SMILES string of the molecule is O=C(Nc1ccn[nH]1)N[C@@H]1CN(CC(F)(F)F)C[C@H]1c1ccccn1. The predicted octanol–water partition coefficient (Wildman–Crippen LogP) is 1.96. The second-order valence-electron chi connectivity index (χ2n) is 5.85. The van der Waals surface area contributed by atoms with Crippen LogP contribution >= 0.6 is 0 Å². The second kappa shape index (κ2) is 7.09. The van der Waals surface area contributed by atoms with E-state index in [-0.39, 0.29) is 19.0 Å². The van der Waals surface area contributed by atoms with E-state index < -0.39 is 24.8 Å². The van der Waals surface area contributed by atoms with Crippen LogP contribution < -0.4 is 10.6 Å². The minimum absolute atomic E-state index is 0.0944. The molecule has 3 rings (SSSR count). The lowest BCUT2D eigenvalue weighted by Crippen LogP contribution is -2.43. The van der Waals surface area contributed by atoms with Crippen LogP contribution in [0.5, 0.6) is 0 Å². The van der Waals surface area contributed by atoms with Gasteiger partial charge in [-0.3, -0.25) is 20.3 Å². The van der Waals surface area contributed by atoms with Gasteiger partial charge in [-0.15, -0.1) is 0 Å². The van der Waals surface area contributed by atoms with E-state index in [1.165, 1.54) is 11.1 Å². The van der Waals surface area contributed by atoms with Gasteiger partial charge in [0.2, 0.25) is 0 Å². The van der Waals surface area contributed by atoms with E-state index in [1.54, 1.807) is 30.5 Å². The van der Waals surface area contributed by atoms with Gasteiger partial charge in [0.25, 0.3) is 0 Å². The van der Waals surface area contributed by atoms with Gasteiger partial charge in [0.1, 0.15) is 5.82 Å². The predicted molar refractivity (Wildman–Crippen MR) is 84.0 cm³/mol. The molecule has 10 heteroatoms. The van der Waals surface area contributed by atoms with Gasteiger partial charge in [0.05, 0.1) is 18.8 Å². The van der Waals surface area contributed by atoms with Crippen molar-refractivity contribution in [2.75, 3.05) is 25.0 Å². The van der Waals surface area contributed by atoms with Crippen LogP contribution in [0.2, 0.25) is 0 Å². The molecule has 3 N–H and O–H groups in total. The van der Waals surface area contributed by atoms with E-state index in [0.29, 0.717) is 11.5 Å². The van der Waals surface area contributed by atoms with Crippen molar-refractivity contribution in [2.45, 2.75) is 18.1 Å². The Labute approximate surface area is 141 Å². The zero-order chi connectivity index (χ0) is 17.9. The number of alkyl halides is 3. The van der Waals surface area contributed by atoms with Crippen molar-refractivity contribution < 1.29 is 18.0 Å². The quantitative estimate of drug-likeness (QED) is 0.783. The van der Waals surface area contributed by atoms with Crippen LogP contribution in [0.4, 0.5) is 23.8 Å². The monoisotopic (exact) mass is 354 g/mol. The molecule has 2 atom stereocenters. The average Bonchev–Trinajstić information content (AvgIpc) is 3.16. The number of hydrogen-bond donors (Lipinski definition) is 3. The molecule has 2 amide bonds. The van der Waals surface area contributed by atoms with E-state index in [2.05, 4.69) is 25.8 Å². The van der Waals surface area contributed by atoms with E-state index in [9.17, 15) is 18.0 Å². The number of carbonyl (C=O) groups is 1. The highest BCUT2D eigenvalue weighted by Gasteiger charge is 2.40. The molecular formula is C15H17F3N6O. The first-order valence-corrected chi connectivity index (χ1v) is 7.67. The molecule has 7 nitrogen and oxygen atoms in total. The van der Waals surface area contributed by atoms with Crippen molar-refractivity contribution in [1.82, 2.24) is 25.4 Å². The van der Waals surface area contributed by atoms with E-state index in [0.717, 1.165) is 0 Å². The normalized spacial score (nSPS) is 21.2. The van der Waals surface area contributed by atoms with Crippen LogP contribution in [0.1, 0.15) is 11.6 Å². The van der Waals surface area contributed by atoms with E-state index >= 15 is 0 Å². The van der Waals surface area contributed by atoms with Gasteiger partial charge in [0, 0.05) is 37.0 Å². The molecule has 134 valence electrons. The molecule has 1 aliphatic heterocycles. The fourth-order valence-electron chi connectivity index (χ4n) is 2.96. The third-order valence-electron chi connectivity index (χ3n) is 3.93. The summed E-state index contributed by atoms with van der Waals surface area (Å²) in [4.78, 5) is 17.6. The summed E-state index contributed by atoms with van der Waals surface area (Å²) in [6.07, 6.45) is -1.22. The number of nitrogens with zero attached hydrogens (tertiary/aromatic N) is 3. The number of H-pyrrole nitrogens is 1. The molecular weight excluding hydrogens is 337 g/mol. The third-order valence-corrected chi connectivity index (χ3v) is 3.93. The first-order chi connectivity index (χ1) is 11.9. The Morgan fingerprint density at radius 3 is 2.76 bits per heavy atom. The largest absolute Gasteiger partial charge is 0.401 e. The third kappa shape index (κ3) is 4.69. The molecule has 0 saturated carbocycles. The van der Waals surface area contributed by atoms with Gasteiger partial charge in [-0.25, -0.2) is 4.79 Å². The van der Waals surface area contributed by atoms with Crippen molar-refractivity contribution in [3.05, 3.63) is 42.4 Å². The maximum Gasteiger partial charge on any atom is 0.401 e. The maximum atomic E-state index is 12.7. The number of pyridine rings is 1. The molecule has 0 aromatic carbocycles. The summed E-state index contributed by atoms with van der Waals surface area (Å²) in [5.41, 5.74) is 0.652. The van der Waals surface area contributed by atoms with Crippen molar-refractivity contribution in [2.24, 2.45) is 0 Å². The van der Waals surface area contributed by atoms with Gasteiger partial charge in [-0.05, 0) is 12.1 Å². The topological polar surface area (TPSA) is 85.9 Å². The Hall–Kier alpha value is -2.62. The van der Waals surface area contributed by atoms with Crippen LogP contribution in [0, 0.1) is 0 Å². The van der Waals surface area contributed by atoms with Gasteiger partial charge in [0.15, 0.2) is 0 Å². The first kappa shape index (κ1) is 17.2. The molecule has 1 fully saturated rings. The molecule has 3 heterocycles. The average molecular weight is 354 g/mol. The van der Waals surface area contributed by atoms with Gasteiger partial charge in [-0.1, -0.05) is 6.07 Å². The van der Waals surface area contributed by atoms with Crippen LogP contribution in [0.3, 0.4) is 0 Å². The molecule has 2 aromatic heterocycles. The standard InChI is InChI=1S/C15H17F3N6O/c16-15(17,18)9-24-7-10(11-3-1-2-5-19-11)12(8-24)21-14(25)22-13-4-6-20-23-13/h1-6,10,12H,7-9H2,(H3,20,21,22,23,25)/t10-,12+/m0/s1. The zero-order valence-corrected chi connectivity index (χ0v) is 13.1. The van der Waals surface area contributed by atoms with Gasteiger partial charge < -0.3 is 5.32 Å². The van der Waals surface area contributed by atoms with Crippen molar-refractivity contribution >= 4 is 11.8 Å². The van der Waals surface area contributed by atoms with Crippen LogP contribution in [0.15, 0.2) is 36.7 Å².